The smallest absolute Gasteiger partial charge is 0.397 e. The third-order valence-electron chi connectivity index (χ3n) is 1.79. The van der Waals surface area contributed by atoms with Crippen LogP contribution in [-0.4, -0.2) is 34.5 Å². The van der Waals surface area contributed by atoms with Gasteiger partial charge in [0.2, 0.25) is 0 Å². The molecule has 2 N–H and O–H groups in total. The van der Waals surface area contributed by atoms with Crippen molar-refractivity contribution < 1.29 is 46.1 Å². The fraction of sp³-hybridized carbons (Fsp3) is 0.273. The quantitative estimate of drug-likeness (QED) is 0.817. The molecule has 0 radical (unpaired) electrons. The summed E-state index contributed by atoms with van der Waals surface area (Å²) in [7, 11) is 0. The fourth-order valence-electron chi connectivity index (χ4n) is 1.08. The van der Waals surface area contributed by atoms with Gasteiger partial charge in [0.1, 0.15) is 6.42 Å². The molecule has 1 rings (SSSR count). The Morgan fingerprint density at radius 1 is 0.810 bits per heavy atom. The van der Waals surface area contributed by atoms with Crippen molar-refractivity contribution in [3.63, 3.8) is 0 Å². The van der Waals surface area contributed by atoms with E-state index < -0.39 is 30.7 Å². The van der Waals surface area contributed by atoms with Crippen LogP contribution >= 0.6 is 0 Å². The van der Waals surface area contributed by atoms with Crippen LogP contribution in [0.25, 0.3) is 0 Å². The summed E-state index contributed by atoms with van der Waals surface area (Å²) in [6.45, 7) is 0. The van der Waals surface area contributed by atoms with E-state index in [-0.39, 0.29) is 11.1 Å². The zero-order valence-electron chi connectivity index (χ0n) is 10.00. The van der Waals surface area contributed by atoms with Crippen LogP contribution in [0, 0.1) is 0 Å². The molecular formula is C11H8F6O4. The second kappa shape index (κ2) is 6.95. The zero-order chi connectivity index (χ0) is 16.8. The molecule has 1 aromatic rings. The van der Waals surface area contributed by atoms with Gasteiger partial charge in [0, 0.05) is 0 Å². The summed E-state index contributed by atoms with van der Waals surface area (Å²) in [6, 6.07) is 5.48. The van der Waals surface area contributed by atoms with E-state index in [1.165, 1.54) is 24.3 Å². The summed E-state index contributed by atoms with van der Waals surface area (Å²) in [5, 5.41) is 17.1. The number of aromatic carboxylic acids is 2. The molecule has 0 atom stereocenters. The van der Waals surface area contributed by atoms with Gasteiger partial charge in [-0.3, -0.25) is 0 Å². The minimum Gasteiger partial charge on any atom is -0.478 e. The Balaban J connectivity index is 0.000000400. The van der Waals surface area contributed by atoms with E-state index >= 15 is 0 Å². The number of alkyl halides is 6. The van der Waals surface area contributed by atoms with E-state index in [9.17, 15) is 35.9 Å². The van der Waals surface area contributed by atoms with Gasteiger partial charge < -0.3 is 10.2 Å². The molecule has 4 nitrogen and oxygen atoms in total. The lowest BCUT2D eigenvalue weighted by molar-refractivity contribution is -0.232. The Hall–Kier alpha value is -2.26. The van der Waals surface area contributed by atoms with Crippen molar-refractivity contribution in [3.05, 3.63) is 35.4 Å². The first-order valence-corrected chi connectivity index (χ1v) is 5.02. The van der Waals surface area contributed by atoms with E-state index in [2.05, 4.69) is 0 Å². The minimum absolute atomic E-state index is 0.190. The van der Waals surface area contributed by atoms with E-state index in [0.29, 0.717) is 0 Å². The van der Waals surface area contributed by atoms with Crippen LogP contribution in [0.5, 0.6) is 0 Å². The summed E-state index contributed by atoms with van der Waals surface area (Å²) in [5.74, 6) is -2.46. The standard InChI is InChI=1S/C8H6O4.C3H2F6/c9-7(10)5-3-1-2-4-6(5)8(11)12;4-2(5,6)1-3(7,8)9/h1-4H,(H,9,10)(H,11,12);1H2. The average Bonchev–Trinajstić information content (AvgIpc) is 2.24. The van der Waals surface area contributed by atoms with Gasteiger partial charge in [-0.05, 0) is 12.1 Å². The monoisotopic (exact) mass is 318 g/mol. The molecule has 1 aromatic carbocycles. The highest BCUT2D eigenvalue weighted by Gasteiger charge is 2.43. The van der Waals surface area contributed by atoms with Crippen molar-refractivity contribution in [2.24, 2.45) is 0 Å². The van der Waals surface area contributed by atoms with Gasteiger partial charge in [0.25, 0.3) is 0 Å². The SMILES string of the molecule is FC(F)(F)CC(F)(F)F.O=C(O)c1ccccc1C(=O)O. The van der Waals surface area contributed by atoms with Gasteiger partial charge in [-0.2, -0.15) is 26.3 Å². The Kier molecular flexibility index (Phi) is 6.20. The van der Waals surface area contributed by atoms with Gasteiger partial charge in [-0.1, -0.05) is 12.1 Å². The predicted octanol–water partition coefficient (Wildman–Crippen LogP) is 3.58. The largest absolute Gasteiger partial charge is 0.478 e. The number of carbonyl (C=O) groups is 2. The van der Waals surface area contributed by atoms with Crippen LogP contribution in [0.3, 0.4) is 0 Å². The van der Waals surface area contributed by atoms with Crippen molar-refractivity contribution in [1.29, 1.82) is 0 Å². The number of hydrogen-bond acceptors (Lipinski definition) is 2. The Bertz CT molecular complexity index is 461. The summed E-state index contributed by atoms with van der Waals surface area (Å²) in [5.41, 5.74) is -0.380. The first-order valence-electron chi connectivity index (χ1n) is 5.02. The van der Waals surface area contributed by atoms with Crippen molar-refractivity contribution in [3.8, 4) is 0 Å². The summed E-state index contributed by atoms with van der Waals surface area (Å²) < 4.78 is 65.0. The molecule has 0 aliphatic heterocycles. The van der Waals surface area contributed by atoms with Crippen molar-refractivity contribution in [1.82, 2.24) is 0 Å². The zero-order valence-corrected chi connectivity index (χ0v) is 10.00. The van der Waals surface area contributed by atoms with E-state index in [1.807, 2.05) is 0 Å². The molecular weight excluding hydrogens is 310 g/mol. The lowest BCUT2D eigenvalue weighted by Gasteiger charge is -2.08. The number of halogens is 6. The van der Waals surface area contributed by atoms with E-state index in [0.717, 1.165) is 0 Å². The molecule has 10 heteroatoms. The van der Waals surface area contributed by atoms with Crippen molar-refractivity contribution >= 4 is 11.9 Å². The Morgan fingerprint density at radius 2 is 1.10 bits per heavy atom. The van der Waals surface area contributed by atoms with Crippen LogP contribution in [0.2, 0.25) is 0 Å². The molecule has 118 valence electrons. The molecule has 21 heavy (non-hydrogen) atoms. The van der Waals surface area contributed by atoms with Gasteiger partial charge in [-0.15, -0.1) is 0 Å². The number of hydrogen-bond donors (Lipinski definition) is 2. The maximum absolute atomic E-state index is 10.8. The summed E-state index contributed by atoms with van der Waals surface area (Å²) >= 11 is 0. The van der Waals surface area contributed by atoms with Crippen LogP contribution in [0.15, 0.2) is 24.3 Å². The van der Waals surface area contributed by atoms with Crippen molar-refractivity contribution in [2.75, 3.05) is 0 Å². The average molecular weight is 318 g/mol. The molecule has 0 aliphatic carbocycles. The Labute approximate surface area is 113 Å². The number of benzene rings is 1. The first-order chi connectivity index (χ1) is 9.33. The predicted molar refractivity (Wildman–Crippen MR) is 57.1 cm³/mol. The van der Waals surface area contributed by atoms with Gasteiger partial charge in [-0.25, -0.2) is 9.59 Å². The molecule has 0 spiro atoms. The number of carboxylic acid groups (broad SMARTS) is 2. The van der Waals surface area contributed by atoms with E-state index in [1.54, 1.807) is 0 Å². The topological polar surface area (TPSA) is 74.6 Å². The molecule has 0 unspecified atom stereocenters. The second-order valence-electron chi connectivity index (χ2n) is 3.56. The lowest BCUT2D eigenvalue weighted by Crippen LogP contribution is -2.20. The van der Waals surface area contributed by atoms with Crippen LogP contribution in [0.4, 0.5) is 26.3 Å². The van der Waals surface area contributed by atoms with Crippen molar-refractivity contribution in [2.45, 2.75) is 18.8 Å². The van der Waals surface area contributed by atoms with Gasteiger partial charge in [0.15, 0.2) is 0 Å². The molecule has 0 fully saturated rings. The van der Waals surface area contributed by atoms with Crippen LogP contribution < -0.4 is 0 Å². The maximum Gasteiger partial charge on any atom is 0.397 e. The van der Waals surface area contributed by atoms with Crippen LogP contribution in [-0.2, 0) is 0 Å². The highest BCUT2D eigenvalue weighted by molar-refractivity contribution is 6.01. The summed E-state index contributed by atoms with van der Waals surface area (Å²) in [6.07, 6.45) is -13.0. The number of carboxylic acids is 2. The molecule has 0 aromatic heterocycles. The number of rotatable bonds is 2. The highest BCUT2D eigenvalue weighted by atomic mass is 19.4. The summed E-state index contributed by atoms with van der Waals surface area (Å²) in [4.78, 5) is 20.9. The first kappa shape index (κ1) is 18.7. The minimum atomic E-state index is -5.14. The third-order valence-corrected chi connectivity index (χ3v) is 1.79. The fourth-order valence-corrected chi connectivity index (χ4v) is 1.08. The van der Waals surface area contributed by atoms with Crippen LogP contribution in [0.1, 0.15) is 27.1 Å². The van der Waals surface area contributed by atoms with Gasteiger partial charge in [0.05, 0.1) is 11.1 Å². The second-order valence-corrected chi connectivity index (χ2v) is 3.56. The van der Waals surface area contributed by atoms with Gasteiger partial charge >= 0.3 is 24.3 Å². The highest BCUT2D eigenvalue weighted by Crippen LogP contribution is 2.31. The molecule has 0 heterocycles. The molecule has 0 bridgehead atoms. The van der Waals surface area contributed by atoms with E-state index in [4.69, 9.17) is 10.2 Å². The third kappa shape index (κ3) is 8.50. The normalized spacial score (nSPS) is 11.3. The molecule has 0 saturated carbocycles. The molecule has 0 amide bonds. The Morgan fingerprint density at radius 3 is 1.24 bits per heavy atom. The molecule has 0 saturated heterocycles. The molecule has 0 aliphatic rings. The lowest BCUT2D eigenvalue weighted by atomic mass is 10.1. The maximum atomic E-state index is 10.8.